The van der Waals surface area contributed by atoms with E-state index in [0.717, 1.165) is 55.0 Å². The predicted octanol–water partition coefficient (Wildman–Crippen LogP) is 4.52. The fourth-order valence-corrected chi connectivity index (χ4v) is 5.01. The summed E-state index contributed by atoms with van der Waals surface area (Å²) in [6.45, 7) is 5.95. The average Bonchev–Trinajstić information content (AvgIpc) is 3.28. The molecule has 1 atom stereocenters. The molecule has 2 aromatic rings. The number of hydrogen-bond donors (Lipinski definition) is 1. The third kappa shape index (κ3) is 5.73. The van der Waals surface area contributed by atoms with Gasteiger partial charge in [-0.25, -0.2) is 4.39 Å². The van der Waals surface area contributed by atoms with Gasteiger partial charge >= 0.3 is 0 Å². The number of piperazine rings is 1. The molecule has 7 heteroatoms. The van der Waals surface area contributed by atoms with E-state index in [2.05, 4.69) is 28.1 Å². The minimum atomic E-state index is -0.978. The fraction of sp³-hybridized carbons (Fsp3) is 0.444. The zero-order valence-corrected chi connectivity index (χ0v) is 20.7. The van der Waals surface area contributed by atoms with Crippen LogP contribution in [0, 0.1) is 0 Å². The lowest BCUT2D eigenvalue weighted by Gasteiger charge is -2.37. The molecule has 1 amide bonds. The number of carbonyl (C=O) groups excluding carboxylic acids is 1. The number of hydrogen-bond acceptors (Lipinski definition) is 4. The zero-order chi connectivity index (χ0) is 24.1. The Morgan fingerprint density at radius 2 is 1.97 bits per heavy atom. The molecule has 0 radical (unpaired) electrons. The van der Waals surface area contributed by atoms with Crippen LogP contribution in [0.5, 0.6) is 5.75 Å². The molecule has 182 valence electrons. The van der Waals surface area contributed by atoms with Crippen molar-refractivity contribution in [2.75, 3.05) is 51.3 Å². The molecule has 2 aromatic carbocycles. The molecule has 5 nitrogen and oxygen atoms in total. The van der Waals surface area contributed by atoms with E-state index in [1.54, 1.807) is 7.11 Å². The molecular weight excluding hydrogens is 453 g/mol. The number of aryl methyl sites for hydroxylation is 1. The van der Waals surface area contributed by atoms with Gasteiger partial charge in [0, 0.05) is 51.3 Å². The van der Waals surface area contributed by atoms with E-state index in [9.17, 15) is 9.18 Å². The van der Waals surface area contributed by atoms with Crippen molar-refractivity contribution >= 4 is 29.3 Å². The SMILES string of the molecule is CCc1cc(Cl)c(OC)c(N2CCN(C[C@@H](F)CCNC(=O)C3=Cc4ccccc4C3)CC2)c1. The molecule has 34 heavy (non-hydrogen) atoms. The number of alkyl halides is 1. The maximum absolute atomic E-state index is 14.7. The zero-order valence-electron chi connectivity index (χ0n) is 19.9. The molecule has 1 fully saturated rings. The normalized spacial score (nSPS) is 16.7. The third-order valence-electron chi connectivity index (χ3n) is 6.67. The molecular formula is C27H33ClFN3O2. The van der Waals surface area contributed by atoms with Crippen LogP contribution in [0.2, 0.25) is 5.02 Å². The molecule has 2 aliphatic rings. The molecule has 0 aromatic heterocycles. The highest BCUT2D eigenvalue weighted by Crippen LogP contribution is 2.37. The number of carbonyl (C=O) groups is 1. The van der Waals surface area contributed by atoms with E-state index in [1.807, 2.05) is 36.4 Å². The fourth-order valence-electron chi connectivity index (χ4n) is 4.70. The van der Waals surface area contributed by atoms with Crippen LogP contribution in [-0.4, -0.2) is 63.4 Å². The number of rotatable bonds is 9. The number of methoxy groups -OCH3 is 1. The van der Waals surface area contributed by atoms with Gasteiger partial charge in [0.15, 0.2) is 5.75 Å². The second-order valence-electron chi connectivity index (χ2n) is 8.96. The first kappa shape index (κ1) is 24.6. The molecule has 0 bridgehead atoms. The summed E-state index contributed by atoms with van der Waals surface area (Å²) in [5.74, 6) is 0.603. The summed E-state index contributed by atoms with van der Waals surface area (Å²) in [7, 11) is 1.64. The molecule has 1 heterocycles. The number of halogens is 2. The van der Waals surface area contributed by atoms with Crippen LogP contribution in [0.1, 0.15) is 30.0 Å². The second-order valence-corrected chi connectivity index (χ2v) is 9.37. The molecule has 1 aliphatic carbocycles. The Morgan fingerprint density at radius 1 is 1.21 bits per heavy atom. The smallest absolute Gasteiger partial charge is 0.247 e. The maximum Gasteiger partial charge on any atom is 0.247 e. The number of anilines is 1. The maximum atomic E-state index is 14.7. The summed E-state index contributed by atoms with van der Waals surface area (Å²) in [5.41, 5.74) is 5.18. The number of nitrogens with zero attached hydrogens (tertiary/aromatic N) is 2. The van der Waals surface area contributed by atoms with Gasteiger partial charge in [-0.15, -0.1) is 0 Å². The van der Waals surface area contributed by atoms with Crippen LogP contribution in [0.3, 0.4) is 0 Å². The van der Waals surface area contributed by atoms with Gasteiger partial charge in [-0.1, -0.05) is 42.8 Å². The lowest BCUT2D eigenvalue weighted by molar-refractivity contribution is -0.117. The van der Waals surface area contributed by atoms with Gasteiger partial charge in [-0.3, -0.25) is 9.69 Å². The van der Waals surface area contributed by atoms with Gasteiger partial charge in [-0.2, -0.15) is 0 Å². The van der Waals surface area contributed by atoms with E-state index >= 15 is 0 Å². The summed E-state index contributed by atoms with van der Waals surface area (Å²) in [6.07, 6.45) is 2.81. The molecule has 0 spiro atoms. The van der Waals surface area contributed by atoms with Crippen LogP contribution in [0.4, 0.5) is 10.1 Å². The van der Waals surface area contributed by atoms with Crippen molar-refractivity contribution < 1.29 is 13.9 Å². The van der Waals surface area contributed by atoms with Crippen molar-refractivity contribution in [2.24, 2.45) is 0 Å². The van der Waals surface area contributed by atoms with Crippen molar-refractivity contribution in [1.82, 2.24) is 10.2 Å². The van der Waals surface area contributed by atoms with E-state index in [-0.39, 0.29) is 5.91 Å². The minimum Gasteiger partial charge on any atom is -0.493 e. The van der Waals surface area contributed by atoms with Gasteiger partial charge in [0.25, 0.3) is 0 Å². The average molecular weight is 486 g/mol. The first-order valence-corrected chi connectivity index (χ1v) is 12.4. The second kappa shape index (κ2) is 11.2. The van der Waals surface area contributed by atoms with Gasteiger partial charge < -0.3 is 15.0 Å². The van der Waals surface area contributed by atoms with E-state index in [4.69, 9.17) is 16.3 Å². The molecule has 1 aliphatic heterocycles. The van der Waals surface area contributed by atoms with E-state index in [1.165, 1.54) is 5.56 Å². The molecule has 0 saturated carbocycles. The lowest BCUT2D eigenvalue weighted by Crippen LogP contribution is -2.48. The van der Waals surface area contributed by atoms with Crippen LogP contribution in [0.25, 0.3) is 6.08 Å². The largest absolute Gasteiger partial charge is 0.493 e. The van der Waals surface area contributed by atoms with E-state index < -0.39 is 6.17 Å². The molecule has 0 unspecified atom stereocenters. The van der Waals surface area contributed by atoms with E-state index in [0.29, 0.717) is 36.7 Å². The number of nitrogens with one attached hydrogen (secondary N) is 1. The van der Waals surface area contributed by atoms with Crippen molar-refractivity contribution in [3.8, 4) is 5.75 Å². The Balaban J connectivity index is 1.21. The van der Waals surface area contributed by atoms with Gasteiger partial charge in [-0.05, 0) is 47.7 Å². The first-order chi connectivity index (χ1) is 16.5. The number of benzene rings is 2. The highest BCUT2D eigenvalue weighted by Gasteiger charge is 2.24. The summed E-state index contributed by atoms with van der Waals surface area (Å²) in [4.78, 5) is 16.9. The number of amides is 1. The highest BCUT2D eigenvalue weighted by atomic mass is 35.5. The van der Waals surface area contributed by atoms with Crippen molar-refractivity contribution in [3.63, 3.8) is 0 Å². The Labute approximate surface area is 206 Å². The summed E-state index contributed by atoms with van der Waals surface area (Å²) < 4.78 is 20.2. The summed E-state index contributed by atoms with van der Waals surface area (Å²) in [5, 5.41) is 3.51. The summed E-state index contributed by atoms with van der Waals surface area (Å²) >= 11 is 6.42. The van der Waals surface area contributed by atoms with Crippen molar-refractivity contribution in [3.05, 3.63) is 63.7 Å². The lowest BCUT2D eigenvalue weighted by atomic mass is 10.1. The Bertz CT molecular complexity index is 1050. The quantitative estimate of drug-likeness (QED) is 0.567. The Hall–Kier alpha value is -2.57. The van der Waals surface area contributed by atoms with Crippen LogP contribution < -0.4 is 15.0 Å². The van der Waals surface area contributed by atoms with Crippen LogP contribution in [0.15, 0.2) is 42.0 Å². The third-order valence-corrected chi connectivity index (χ3v) is 6.95. The van der Waals surface area contributed by atoms with Gasteiger partial charge in [0.1, 0.15) is 6.17 Å². The topological polar surface area (TPSA) is 44.8 Å². The Morgan fingerprint density at radius 3 is 2.68 bits per heavy atom. The number of ether oxygens (including phenoxy) is 1. The highest BCUT2D eigenvalue weighted by molar-refractivity contribution is 6.32. The van der Waals surface area contributed by atoms with Crippen LogP contribution >= 0.6 is 11.6 Å². The number of fused-ring (bicyclic) bond motifs is 1. The Kier molecular flexibility index (Phi) is 8.11. The molecule has 1 N–H and O–H groups in total. The molecule has 1 saturated heterocycles. The van der Waals surface area contributed by atoms with Gasteiger partial charge in [0.05, 0.1) is 17.8 Å². The summed E-state index contributed by atoms with van der Waals surface area (Å²) in [6, 6.07) is 12.1. The minimum absolute atomic E-state index is 0.0982. The van der Waals surface area contributed by atoms with Crippen LogP contribution in [-0.2, 0) is 17.6 Å². The van der Waals surface area contributed by atoms with Crippen molar-refractivity contribution in [2.45, 2.75) is 32.4 Å². The monoisotopic (exact) mass is 485 g/mol. The van der Waals surface area contributed by atoms with Crippen molar-refractivity contribution in [1.29, 1.82) is 0 Å². The first-order valence-electron chi connectivity index (χ1n) is 12.0. The standard InChI is InChI=1S/C27H33ClFN3O2/c1-3-19-14-24(28)26(34-2)25(15-19)32-12-10-31(11-13-32)18-23(29)8-9-30-27(33)22-16-20-6-4-5-7-21(20)17-22/h4-7,14-16,23H,3,8-13,17-18H2,1-2H3,(H,30,33)/t23-/m0/s1. The van der Waals surface area contributed by atoms with Gasteiger partial charge in [0.2, 0.25) is 5.91 Å². The predicted molar refractivity (Wildman–Crippen MR) is 137 cm³/mol. The molecule has 4 rings (SSSR count).